The number of nitrogens with zero attached hydrogens (tertiary/aromatic N) is 1. The predicted octanol–water partition coefficient (Wildman–Crippen LogP) is 2.89. The molecule has 1 fully saturated rings. The molecule has 0 bridgehead atoms. The molecule has 0 unspecified atom stereocenters. The third kappa shape index (κ3) is 3.53. The minimum absolute atomic E-state index is 0.0609. The molecule has 1 aromatic carbocycles. The van der Waals surface area contributed by atoms with E-state index in [1.54, 1.807) is 6.07 Å². The maximum Gasteiger partial charge on any atom is 0.270 e. The van der Waals surface area contributed by atoms with E-state index in [0.29, 0.717) is 12.1 Å². The average molecular weight is 327 g/mol. The molecule has 1 aromatic rings. The molecule has 5 nitrogen and oxygen atoms in total. The zero-order valence-electron chi connectivity index (χ0n) is 10.4. The Labute approximate surface area is 119 Å². The maximum atomic E-state index is 12.0. The smallest absolute Gasteiger partial charge is 0.270 e. The molecule has 1 amide bonds. The van der Waals surface area contributed by atoms with Crippen LogP contribution in [0.2, 0.25) is 0 Å². The second-order valence-electron chi connectivity index (χ2n) is 4.93. The van der Waals surface area contributed by atoms with Crippen LogP contribution in [0.25, 0.3) is 0 Å². The number of non-ortho nitro benzene ring substituents is 1. The van der Waals surface area contributed by atoms with E-state index in [1.807, 2.05) is 0 Å². The number of carbonyl (C=O) groups excluding carboxylic acids is 1. The van der Waals surface area contributed by atoms with Crippen LogP contribution >= 0.6 is 15.9 Å². The summed E-state index contributed by atoms with van der Waals surface area (Å²) in [7, 11) is 0. The molecule has 102 valence electrons. The van der Waals surface area contributed by atoms with Crippen molar-refractivity contribution in [3.8, 4) is 0 Å². The monoisotopic (exact) mass is 326 g/mol. The van der Waals surface area contributed by atoms with Gasteiger partial charge in [-0.3, -0.25) is 14.9 Å². The van der Waals surface area contributed by atoms with Gasteiger partial charge >= 0.3 is 0 Å². The van der Waals surface area contributed by atoms with E-state index in [-0.39, 0.29) is 17.0 Å². The minimum Gasteiger partial charge on any atom is -0.351 e. The van der Waals surface area contributed by atoms with Crippen molar-refractivity contribution in [1.29, 1.82) is 0 Å². The first-order valence-electron chi connectivity index (χ1n) is 6.15. The molecule has 0 radical (unpaired) electrons. The SMILES string of the molecule is O=C(NCC1(CCBr)CC1)c1cccc([N+](=O)[O-])c1. The molecule has 0 saturated heterocycles. The molecule has 0 aromatic heterocycles. The van der Waals surface area contributed by atoms with Crippen LogP contribution in [0.15, 0.2) is 24.3 Å². The molecule has 0 spiro atoms. The molecule has 1 N–H and O–H groups in total. The average Bonchev–Trinajstić information content (AvgIpc) is 3.17. The fraction of sp³-hybridized carbons (Fsp3) is 0.462. The van der Waals surface area contributed by atoms with Gasteiger partial charge in [-0.1, -0.05) is 22.0 Å². The summed E-state index contributed by atoms with van der Waals surface area (Å²) >= 11 is 3.41. The van der Waals surface area contributed by atoms with Gasteiger partial charge in [0.25, 0.3) is 11.6 Å². The van der Waals surface area contributed by atoms with Crippen molar-refractivity contribution < 1.29 is 9.72 Å². The van der Waals surface area contributed by atoms with Crippen molar-refractivity contribution in [2.75, 3.05) is 11.9 Å². The molecule has 0 heterocycles. The number of benzene rings is 1. The topological polar surface area (TPSA) is 72.2 Å². The van der Waals surface area contributed by atoms with Crippen LogP contribution in [0.3, 0.4) is 0 Å². The summed E-state index contributed by atoms with van der Waals surface area (Å²) in [5.41, 5.74) is 0.512. The highest BCUT2D eigenvalue weighted by atomic mass is 79.9. The predicted molar refractivity (Wildman–Crippen MR) is 75.5 cm³/mol. The Hall–Kier alpha value is -1.43. The van der Waals surface area contributed by atoms with Gasteiger partial charge in [0.05, 0.1) is 4.92 Å². The van der Waals surface area contributed by atoms with Crippen LogP contribution < -0.4 is 5.32 Å². The molecule has 0 atom stereocenters. The third-order valence-corrected chi connectivity index (χ3v) is 3.92. The minimum atomic E-state index is -0.496. The molecule has 1 aliphatic carbocycles. The molecule has 1 saturated carbocycles. The van der Waals surface area contributed by atoms with Crippen molar-refractivity contribution in [2.24, 2.45) is 5.41 Å². The summed E-state index contributed by atoms with van der Waals surface area (Å²) in [5, 5.41) is 14.5. The Balaban J connectivity index is 1.96. The summed E-state index contributed by atoms with van der Waals surface area (Å²) in [6, 6.07) is 5.80. The van der Waals surface area contributed by atoms with Gasteiger partial charge in [-0.25, -0.2) is 0 Å². The number of alkyl halides is 1. The van der Waals surface area contributed by atoms with Gasteiger partial charge in [0.2, 0.25) is 0 Å². The molecular formula is C13H15BrN2O3. The number of nitro groups is 1. The van der Waals surface area contributed by atoms with Crippen molar-refractivity contribution >= 4 is 27.5 Å². The number of hydrogen-bond donors (Lipinski definition) is 1. The first-order chi connectivity index (χ1) is 9.06. The van der Waals surface area contributed by atoms with Crippen molar-refractivity contribution in [3.63, 3.8) is 0 Å². The lowest BCUT2D eigenvalue weighted by Gasteiger charge is -2.14. The second-order valence-corrected chi connectivity index (χ2v) is 5.72. The van der Waals surface area contributed by atoms with E-state index in [1.165, 1.54) is 18.2 Å². The number of carbonyl (C=O) groups is 1. The Bertz CT molecular complexity index is 500. The standard InChI is InChI=1S/C13H15BrN2O3/c14-7-6-13(4-5-13)9-15-12(17)10-2-1-3-11(8-10)16(18)19/h1-3,8H,4-7,9H2,(H,15,17). The van der Waals surface area contributed by atoms with E-state index >= 15 is 0 Å². The highest BCUT2D eigenvalue weighted by Gasteiger charge is 2.41. The molecule has 2 rings (SSSR count). The lowest BCUT2D eigenvalue weighted by atomic mass is 10.0. The molecule has 0 aliphatic heterocycles. The van der Waals surface area contributed by atoms with Gasteiger partial charge < -0.3 is 5.32 Å². The van der Waals surface area contributed by atoms with Gasteiger partial charge in [-0.05, 0) is 30.7 Å². The van der Waals surface area contributed by atoms with E-state index in [4.69, 9.17) is 0 Å². The highest BCUT2D eigenvalue weighted by Crippen LogP contribution is 2.48. The van der Waals surface area contributed by atoms with Gasteiger partial charge in [0, 0.05) is 29.6 Å². The van der Waals surface area contributed by atoms with Crippen LogP contribution in [0.4, 0.5) is 5.69 Å². The summed E-state index contributed by atoms with van der Waals surface area (Å²) in [4.78, 5) is 22.1. The molecule has 19 heavy (non-hydrogen) atoms. The fourth-order valence-electron chi connectivity index (χ4n) is 2.02. The molecular weight excluding hydrogens is 312 g/mol. The fourth-order valence-corrected chi connectivity index (χ4v) is 2.86. The van der Waals surface area contributed by atoms with E-state index in [2.05, 4.69) is 21.2 Å². The first-order valence-corrected chi connectivity index (χ1v) is 7.27. The normalized spacial score (nSPS) is 15.8. The summed E-state index contributed by atoms with van der Waals surface area (Å²) in [5.74, 6) is -0.246. The van der Waals surface area contributed by atoms with Crippen LogP contribution in [0, 0.1) is 15.5 Å². The van der Waals surface area contributed by atoms with Gasteiger partial charge in [-0.15, -0.1) is 0 Å². The van der Waals surface area contributed by atoms with Crippen LogP contribution in [0.1, 0.15) is 29.6 Å². The van der Waals surface area contributed by atoms with Gasteiger partial charge in [0.15, 0.2) is 0 Å². The number of amides is 1. The summed E-state index contributed by atoms with van der Waals surface area (Å²) < 4.78 is 0. The number of nitrogens with one attached hydrogen (secondary N) is 1. The van der Waals surface area contributed by atoms with Crippen molar-refractivity contribution in [2.45, 2.75) is 19.3 Å². The lowest BCUT2D eigenvalue weighted by molar-refractivity contribution is -0.384. The number of hydrogen-bond acceptors (Lipinski definition) is 3. The van der Waals surface area contributed by atoms with Gasteiger partial charge in [-0.2, -0.15) is 0 Å². The lowest BCUT2D eigenvalue weighted by Crippen LogP contribution is -2.30. The Kier molecular flexibility index (Phi) is 4.19. The molecule has 6 heteroatoms. The zero-order chi connectivity index (χ0) is 13.9. The van der Waals surface area contributed by atoms with E-state index in [0.717, 1.165) is 24.6 Å². The largest absolute Gasteiger partial charge is 0.351 e. The summed E-state index contributed by atoms with van der Waals surface area (Å²) in [6.07, 6.45) is 3.31. The summed E-state index contributed by atoms with van der Waals surface area (Å²) in [6.45, 7) is 0.639. The quantitative estimate of drug-likeness (QED) is 0.496. The second kappa shape index (κ2) is 5.69. The van der Waals surface area contributed by atoms with E-state index in [9.17, 15) is 14.9 Å². The highest BCUT2D eigenvalue weighted by molar-refractivity contribution is 9.09. The Morgan fingerprint density at radius 1 is 1.47 bits per heavy atom. The van der Waals surface area contributed by atoms with Crippen LogP contribution in [0.5, 0.6) is 0 Å². The number of rotatable bonds is 6. The Morgan fingerprint density at radius 3 is 2.79 bits per heavy atom. The van der Waals surface area contributed by atoms with Crippen LogP contribution in [-0.4, -0.2) is 22.7 Å². The van der Waals surface area contributed by atoms with Crippen molar-refractivity contribution in [1.82, 2.24) is 5.32 Å². The van der Waals surface area contributed by atoms with E-state index < -0.39 is 4.92 Å². The van der Waals surface area contributed by atoms with Crippen LogP contribution in [-0.2, 0) is 0 Å². The van der Waals surface area contributed by atoms with Crippen molar-refractivity contribution in [3.05, 3.63) is 39.9 Å². The number of halogens is 1. The Morgan fingerprint density at radius 2 is 2.21 bits per heavy atom. The molecule has 1 aliphatic rings. The zero-order valence-corrected chi connectivity index (χ0v) is 12.0. The first kappa shape index (κ1) is 14.0. The maximum absolute atomic E-state index is 12.0. The van der Waals surface area contributed by atoms with Gasteiger partial charge in [0.1, 0.15) is 0 Å². The third-order valence-electron chi connectivity index (χ3n) is 3.53. The number of nitro benzene ring substituents is 1.